The van der Waals surface area contributed by atoms with Crippen LogP contribution in [0.2, 0.25) is 0 Å². The van der Waals surface area contributed by atoms with E-state index in [0.29, 0.717) is 13.2 Å². The molecular formula is C13H25NO2. The molecule has 94 valence electrons. The highest BCUT2D eigenvalue weighted by atomic mass is 16.5. The summed E-state index contributed by atoms with van der Waals surface area (Å²) >= 11 is 0. The highest BCUT2D eigenvalue weighted by molar-refractivity contribution is 5.77. The second-order valence-electron chi connectivity index (χ2n) is 4.57. The summed E-state index contributed by atoms with van der Waals surface area (Å²) in [5, 5.41) is 0. The lowest BCUT2D eigenvalue weighted by Gasteiger charge is -2.15. The summed E-state index contributed by atoms with van der Waals surface area (Å²) < 4.78 is 5.50. The largest absolute Gasteiger partial charge is 0.361 e. The predicted octanol–water partition coefficient (Wildman–Crippen LogP) is 2.94. The Morgan fingerprint density at radius 2 is 1.94 bits per heavy atom. The zero-order chi connectivity index (χ0) is 11.6. The van der Waals surface area contributed by atoms with E-state index in [2.05, 4.69) is 6.92 Å². The Bertz CT molecular complexity index is 194. The second-order valence-corrected chi connectivity index (χ2v) is 4.57. The van der Waals surface area contributed by atoms with Crippen LogP contribution in [0.3, 0.4) is 0 Å². The first-order chi connectivity index (χ1) is 7.84. The van der Waals surface area contributed by atoms with Crippen LogP contribution in [0.5, 0.6) is 0 Å². The van der Waals surface area contributed by atoms with Crippen molar-refractivity contribution in [2.75, 3.05) is 19.9 Å². The summed E-state index contributed by atoms with van der Waals surface area (Å²) in [6, 6.07) is 0. The molecular weight excluding hydrogens is 202 g/mol. The molecule has 1 aliphatic rings. The third-order valence-corrected chi connectivity index (χ3v) is 3.06. The van der Waals surface area contributed by atoms with E-state index in [4.69, 9.17) is 4.74 Å². The maximum absolute atomic E-state index is 11.3. The van der Waals surface area contributed by atoms with Crippen molar-refractivity contribution < 1.29 is 9.53 Å². The Kier molecular flexibility index (Phi) is 7.23. The maximum atomic E-state index is 11.3. The number of carbonyl (C=O) groups is 1. The van der Waals surface area contributed by atoms with Crippen molar-refractivity contribution in [1.29, 1.82) is 0 Å². The molecule has 1 saturated heterocycles. The van der Waals surface area contributed by atoms with Gasteiger partial charge in [-0.15, -0.1) is 0 Å². The molecule has 0 aromatic rings. The summed E-state index contributed by atoms with van der Waals surface area (Å²) in [4.78, 5) is 13.1. The van der Waals surface area contributed by atoms with Gasteiger partial charge >= 0.3 is 0 Å². The van der Waals surface area contributed by atoms with Crippen LogP contribution in [-0.2, 0) is 9.53 Å². The molecule has 0 saturated carbocycles. The molecule has 0 atom stereocenters. The van der Waals surface area contributed by atoms with Gasteiger partial charge in [0.15, 0.2) is 0 Å². The first-order valence-electron chi connectivity index (χ1n) is 6.70. The molecule has 0 radical (unpaired) electrons. The fraction of sp³-hybridized carbons (Fsp3) is 0.923. The van der Waals surface area contributed by atoms with Crippen molar-refractivity contribution >= 4 is 5.91 Å². The third-order valence-electron chi connectivity index (χ3n) is 3.06. The molecule has 0 aliphatic carbocycles. The van der Waals surface area contributed by atoms with E-state index in [0.717, 1.165) is 26.0 Å². The Labute approximate surface area is 99.1 Å². The van der Waals surface area contributed by atoms with Crippen LogP contribution in [0.1, 0.15) is 58.3 Å². The van der Waals surface area contributed by atoms with Crippen molar-refractivity contribution in [3.63, 3.8) is 0 Å². The van der Waals surface area contributed by atoms with Crippen LogP contribution in [0.25, 0.3) is 0 Å². The fourth-order valence-electron chi connectivity index (χ4n) is 2.00. The van der Waals surface area contributed by atoms with Crippen LogP contribution in [0, 0.1) is 0 Å². The average Bonchev–Trinajstić information content (AvgIpc) is 2.68. The molecule has 1 rings (SSSR count). The molecule has 16 heavy (non-hydrogen) atoms. The fourth-order valence-corrected chi connectivity index (χ4v) is 2.00. The van der Waals surface area contributed by atoms with Crippen LogP contribution in [0.15, 0.2) is 0 Å². The number of hydrogen-bond donors (Lipinski definition) is 0. The van der Waals surface area contributed by atoms with Gasteiger partial charge < -0.3 is 9.64 Å². The van der Waals surface area contributed by atoms with Gasteiger partial charge in [0.2, 0.25) is 5.91 Å². The minimum Gasteiger partial charge on any atom is -0.361 e. The summed E-state index contributed by atoms with van der Waals surface area (Å²) in [5.41, 5.74) is 0. The molecule has 1 heterocycles. The molecule has 0 spiro atoms. The van der Waals surface area contributed by atoms with Gasteiger partial charge in [-0.3, -0.25) is 4.79 Å². The highest BCUT2D eigenvalue weighted by Gasteiger charge is 2.19. The lowest BCUT2D eigenvalue weighted by atomic mass is 10.1. The lowest BCUT2D eigenvalue weighted by Crippen LogP contribution is -2.27. The zero-order valence-corrected chi connectivity index (χ0v) is 10.5. The molecule has 3 nitrogen and oxygen atoms in total. The first kappa shape index (κ1) is 13.5. The number of likely N-dealkylation sites (tertiary alicyclic amines) is 1. The van der Waals surface area contributed by atoms with Gasteiger partial charge in [-0.2, -0.15) is 0 Å². The van der Waals surface area contributed by atoms with Crippen molar-refractivity contribution in [3.8, 4) is 0 Å². The summed E-state index contributed by atoms with van der Waals surface area (Å²) in [6.07, 6.45) is 9.41. The van der Waals surface area contributed by atoms with Gasteiger partial charge in [0.1, 0.15) is 6.73 Å². The SMILES string of the molecule is CCCCCCCCOCN1CCCC1=O. The van der Waals surface area contributed by atoms with Gasteiger partial charge in [0.05, 0.1) is 0 Å². The van der Waals surface area contributed by atoms with Crippen LogP contribution in [-0.4, -0.2) is 30.7 Å². The standard InChI is InChI=1S/C13H25NO2/c1-2-3-4-5-6-7-11-16-12-14-10-8-9-13(14)15/h2-12H2,1H3. The molecule has 1 amide bonds. The van der Waals surface area contributed by atoms with E-state index in [1.165, 1.54) is 32.1 Å². The lowest BCUT2D eigenvalue weighted by molar-refractivity contribution is -0.132. The normalized spacial score (nSPS) is 16.1. The number of rotatable bonds is 9. The topological polar surface area (TPSA) is 29.5 Å². The molecule has 1 aliphatic heterocycles. The molecule has 0 bridgehead atoms. The van der Waals surface area contributed by atoms with Gasteiger partial charge in [-0.05, 0) is 12.8 Å². The molecule has 0 aromatic carbocycles. The van der Waals surface area contributed by atoms with Crippen molar-refractivity contribution in [3.05, 3.63) is 0 Å². The summed E-state index contributed by atoms with van der Waals surface area (Å²) in [5.74, 6) is 0.253. The summed E-state index contributed by atoms with van der Waals surface area (Å²) in [6.45, 7) is 4.43. The Balaban J connectivity index is 1.83. The van der Waals surface area contributed by atoms with Gasteiger partial charge in [-0.1, -0.05) is 39.0 Å². The van der Waals surface area contributed by atoms with E-state index in [1.54, 1.807) is 0 Å². The summed E-state index contributed by atoms with van der Waals surface area (Å²) in [7, 11) is 0. The number of amides is 1. The number of carbonyl (C=O) groups excluding carboxylic acids is 1. The van der Waals surface area contributed by atoms with E-state index in [9.17, 15) is 4.79 Å². The maximum Gasteiger partial charge on any atom is 0.224 e. The van der Waals surface area contributed by atoms with Crippen molar-refractivity contribution in [2.45, 2.75) is 58.3 Å². The van der Waals surface area contributed by atoms with Crippen LogP contribution < -0.4 is 0 Å². The van der Waals surface area contributed by atoms with Crippen molar-refractivity contribution in [1.82, 2.24) is 4.90 Å². The van der Waals surface area contributed by atoms with E-state index >= 15 is 0 Å². The number of unbranched alkanes of at least 4 members (excludes halogenated alkanes) is 5. The van der Waals surface area contributed by atoms with Crippen LogP contribution in [0.4, 0.5) is 0 Å². The monoisotopic (exact) mass is 227 g/mol. The molecule has 0 unspecified atom stereocenters. The minimum atomic E-state index is 0.253. The molecule has 0 N–H and O–H groups in total. The van der Waals surface area contributed by atoms with Crippen LogP contribution >= 0.6 is 0 Å². The molecule has 0 aromatic heterocycles. The highest BCUT2D eigenvalue weighted by Crippen LogP contribution is 2.09. The Morgan fingerprint density at radius 1 is 1.19 bits per heavy atom. The number of hydrogen-bond acceptors (Lipinski definition) is 2. The first-order valence-corrected chi connectivity index (χ1v) is 6.70. The molecule has 1 fully saturated rings. The smallest absolute Gasteiger partial charge is 0.224 e. The second kappa shape index (κ2) is 8.57. The quantitative estimate of drug-likeness (QED) is 0.567. The predicted molar refractivity (Wildman–Crippen MR) is 65.1 cm³/mol. The Hall–Kier alpha value is -0.570. The van der Waals surface area contributed by atoms with E-state index in [-0.39, 0.29) is 5.91 Å². The average molecular weight is 227 g/mol. The third kappa shape index (κ3) is 5.50. The Morgan fingerprint density at radius 3 is 2.62 bits per heavy atom. The number of nitrogens with zero attached hydrogens (tertiary/aromatic N) is 1. The molecule has 3 heteroatoms. The van der Waals surface area contributed by atoms with Gasteiger partial charge in [-0.25, -0.2) is 0 Å². The number of ether oxygens (including phenoxy) is 1. The van der Waals surface area contributed by atoms with Gasteiger partial charge in [0, 0.05) is 19.6 Å². The van der Waals surface area contributed by atoms with Gasteiger partial charge in [0.25, 0.3) is 0 Å². The zero-order valence-electron chi connectivity index (χ0n) is 10.5. The van der Waals surface area contributed by atoms with Crippen molar-refractivity contribution in [2.24, 2.45) is 0 Å². The van der Waals surface area contributed by atoms with E-state index in [1.807, 2.05) is 4.90 Å². The minimum absolute atomic E-state index is 0.253. The van der Waals surface area contributed by atoms with E-state index < -0.39 is 0 Å².